The number of piperidine rings is 1. The third-order valence-corrected chi connectivity index (χ3v) is 6.72. The van der Waals surface area contributed by atoms with Gasteiger partial charge in [-0.1, -0.05) is 12.1 Å². The summed E-state index contributed by atoms with van der Waals surface area (Å²) in [6.07, 6.45) is 5.80. The van der Waals surface area contributed by atoms with Crippen LogP contribution in [-0.2, 0) is 0 Å². The minimum Gasteiger partial charge on any atom is -0.507 e. The number of benzene rings is 1. The molecule has 2 saturated heterocycles. The molecule has 32 heavy (non-hydrogen) atoms. The minimum atomic E-state index is -0.149. The van der Waals surface area contributed by atoms with Gasteiger partial charge in [0.15, 0.2) is 5.65 Å². The molecule has 168 valence electrons. The second kappa shape index (κ2) is 8.09. The van der Waals surface area contributed by atoms with E-state index in [0.717, 1.165) is 61.5 Å². The first kappa shape index (κ1) is 20.8. The number of para-hydroxylation sites is 1. The van der Waals surface area contributed by atoms with Gasteiger partial charge >= 0.3 is 0 Å². The number of amides is 1. The lowest BCUT2D eigenvalue weighted by molar-refractivity contribution is 0.0602. The van der Waals surface area contributed by atoms with Crippen LogP contribution in [0.2, 0.25) is 0 Å². The Hall–Kier alpha value is -3.13. The highest BCUT2D eigenvalue weighted by Crippen LogP contribution is 2.34. The molecule has 5 rings (SSSR count). The Morgan fingerprint density at radius 3 is 2.78 bits per heavy atom. The predicted octanol–water partition coefficient (Wildman–Crippen LogP) is 2.96. The van der Waals surface area contributed by atoms with Crippen LogP contribution in [0.1, 0.15) is 58.9 Å². The van der Waals surface area contributed by atoms with Gasteiger partial charge in [0.05, 0.1) is 17.3 Å². The maximum atomic E-state index is 13.4. The number of hydrogen-bond acceptors (Lipinski definition) is 6. The highest BCUT2D eigenvalue weighted by molar-refractivity contribution is 5.97. The van der Waals surface area contributed by atoms with Crippen LogP contribution < -0.4 is 10.6 Å². The molecule has 0 bridgehead atoms. The number of aryl methyl sites for hydroxylation is 2. The number of carbonyl (C=O) groups is 1. The molecule has 2 aromatic heterocycles. The Morgan fingerprint density at radius 2 is 2.00 bits per heavy atom. The van der Waals surface area contributed by atoms with E-state index in [1.165, 1.54) is 0 Å². The Kier molecular flexibility index (Phi) is 5.25. The zero-order chi connectivity index (χ0) is 22.4. The second-order valence-corrected chi connectivity index (χ2v) is 9.10. The van der Waals surface area contributed by atoms with E-state index in [9.17, 15) is 9.90 Å². The normalized spacial score (nSPS) is 21.5. The number of nitrogens with zero attached hydrogens (tertiary/aromatic N) is 5. The number of fused-ring (bicyclic) bond motifs is 1. The van der Waals surface area contributed by atoms with Crippen molar-refractivity contribution in [1.29, 1.82) is 0 Å². The molecular weight excluding hydrogens is 404 g/mol. The molecule has 2 fully saturated rings. The average Bonchev–Trinajstić information content (AvgIpc) is 3.40. The summed E-state index contributed by atoms with van der Waals surface area (Å²) in [6.45, 7) is 6.23. The highest BCUT2D eigenvalue weighted by atomic mass is 16.3. The van der Waals surface area contributed by atoms with Crippen LogP contribution in [0.5, 0.6) is 5.75 Å². The van der Waals surface area contributed by atoms with Crippen LogP contribution in [0.15, 0.2) is 30.5 Å². The van der Waals surface area contributed by atoms with Crippen molar-refractivity contribution in [3.8, 4) is 5.75 Å². The van der Waals surface area contributed by atoms with Gasteiger partial charge in [-0.05, 0) is 51.2 Å². The standard InChI is InChI=1S/C24H30N6O2/c1-15-6-5-7-18(22(15)31)24(32)29-10-4-3-8-20(29)19-12-21-26-23(16(2)13-30(21)27-19)28-11-9-17(25)14-28/h5-7,12-13,17,20,31H,3-4,8-11,14,25H2,1-2H3/t17-,20-/m0/s1. The molecular formula is C24H30N6O2. The molecule has 2 aliphatic heterocycles. The third kappa shape index (κ3) is 3.58. The minimum absolute atomic E-state index is 0.0579. The quantitative estimate of drug-likeness (QED) is 0.657. The summed E-state index contributed by atoms with van der Waals surface area (Å²) in [4.78, 5) is 22.4. The lowest BCUT2D eigenvalue weighted by Crippen LogP contribution is -2.38. The maximum absolute atomic E-state index is 13.4. The van der Waals surface area contributed by atoms with Gasteiger partial charge in [0, 0.05) is 43.5 Å². The topological polar surface area (TPSA) is 100.0 Å². The van der Waals surface area contributed by atoms with Gasteiger partial charge < -0.3 is 20.6 Å². The summed E-state index contributed by atoms with van der Waals surface area (Å²) >= 11 is 0. The first-order valence-electron chi connectivity index (χ1n) is 11.4. The van der Waals surface area contributed by atoms with Crippen molar-refractivity contribution in [2.45, 2.75) is 51.6 Å². The van der Waals surface area contributed by atoms with Crippen LogP contribution >= 0.6 is 0 Å². The number of carbonyl (C=O) groups excluding carboxylic acids is 1. The van der Waals surface area contributed by atoms with E-state index in [1.807, 2.05) is 34.7 Å². The molecule has 8 heteroatoms. The number of likely N-dealkylation sites (tertiary alicyclic amines) is 1. The first-order chi connectivity index (χ1) is 15.4. The summed E-state index contributed by atoms with van der Waals surface area (Å²) in [5.41, 5.74) is 9.82. The van der Waals surface area contributed by atoms with Crippen molar-refractivity contribution in [2.24, 2.45) is 5.73 Å². The molecule has 1 amide bonds. The zero-order valence-corrected chi connectivity index (χ0v) is 18.7. The Balaban J connectivity index is 1.48. The van der Waals surface area contributed by atoms with E-state index in [1.54, 1.807) is 19.1 Å². The fourth-order valence-electron chi connectivity index (χ4n) is 4.95. The van der Waals surface area contributed by atoms with E-state index >= 15 is 0 Å². The van der Waals surface area contributed by atoms with Crippen molar-refractivity contribution >= 4 is 17.4 Å². The van der Waals surface area contributed by atoms with E-state index in [4.69, 9.17) is 15.8 Å². The Morgan fingerprint density at radius 1 is 1.16 bits per heavy atom. The Bertz CT molecular complexity index is 1170. The summed E-state index contributed by atoms with van der Waals surface area (Å²) in [6, 6.07) is 7.35. The van der Waals surface area contributed by atoms with Crippen molar-refractivity contribution in [1.82, 2.24) is 19.5 Å². The summed E-state index contributed by atoms with van der Waals surface area (Å²) < 4.78 is 1.81. The number of phenols is 1. The van der Waals surface area contributed by atoms with Gasteiger partial charge in [-0.2, -0.15) is 5.10 Å². The fourth-order valence-corrected chi connectivity index (χ4v) is 4.95. The second-order valence-electron chi connectivity index (χ2n) is 9.10. The number of hydrogen-bond donors (Lipinski definition) is 2. The number of anilines is 1. The lowest BCUT2D eigenvalue weighted by Gasteiger charge is -2.35. The summed E-state index contributed by atoms with van der Waals surface area (Å²) in [5, 5.41) is 15.3. The number of phenolic OH excluding ortho intramolecular Hbond substituents is 1. The third-order valence-electron chi connectivity index (χ3n) is 6.72. The number of nitrogens with two attached hydrogens (primary N) is 1. The van der Waals surface area contributed by atoms with Crippen molar-refractivity contribution < 1.29 is 9.90 Å². The predicted molar refractivity (Wildman–Crippen MR) is 123 cm³/mol. The summed E-state index contributed by atoms with van der Waals surface area (Å²) in [5.74, 6) is 0.865. The number of aromatic nitrogens is 3. The van der Waals surface area contributed by atoms with Crippen LogP contribution in [0.25, 0.3) is 5.65 Å². The van der Waals surface area contributed by atoms with Crippen LogP contribution in [0.4, 0.5) is 5.82 Å². The van der Waals surface area contributed by atoms with E-state index in [0.29, 0.717) is 17.7 Å². The molecule has 0 unspecified atom stereocenters. The van der Waals surface area contributed by atoms with Gasteiger partial charge in [0.1, 0.15) is 11.6 Å². The van der Waals surface area contributed by atoms with Gasteiger partial charge in [0.25, 0.3) is 5.91 Å². The Labute approximate surface area is 187 Å². The highest BCUT2D eigenvalue weighted by Gasteiger charge is 2.32. The molecule has 2 aliphatic rings. The van der Waals surface area contributed by atoms with Crippen molar-refractivity contribution in [3.05, 3.63) is 52.8 Å². The smallest absolute Gasteiger partial charge is 0.258 e. The maximum Gasteiger partial charge on any atom is 0.258 e. The average molecular weight is 435 g/mol. The summed E-state index contributed by atoms with van der Waals surface area (Å²) in [7, 11) is 0. The van der Waals surface area contributed by atoms with Gasteiger partial charge in [-0.25, -0.2) is 9.50 Å². The van der Waals surface area contributed by atoms with Crippen LogP contribution in [0.3, 0.4) is 0 Å². The molecule has 0 radical (unpaired) electrons. The van der Waals surface area contributed by atoms with Crippen molar-refractivity contribution in [2.75, 3.05) is 24.5 Å². The SMILES string of the molecule is Cc1cn2nc([C@@H]3CCCCN3C(=O)c3cccc(C)c3O)cc2nc1N1CC[C@H](N)C1. The van der Waals surface area contributed by atoms with E-state index in [-0.39, 0.29) is 23.7 Å². The molecule has 3 aromatic rings. The fraction of sp³-hybridized carbons (Fsp3) is 0.458. The molecule has 0 aliphatic carbocycles. The van der Waals surface area contributed by atoms with Crippen LogP contribution in [0, 0.1) is 13.8 Å². The zero-order valence-electron chi connectivity index (χ0n) is 18.7. The molecule has 2 atom stereocenters. The largest absolute Gasteiger partial charge is 0.507 e. The number of aromatic hydroxyl groups is 1. The molecule has 1 aromatic carbocycles. The van der Waals surface area contributed by atoms with Gasteiger partial charge in [-0.15, -0.1) is 0 Å². The first-order valence-corrected chi connectivity index (χ1v) is 11.4. The van der Waals surface area contributed by atoms with E-state index < -0.39 is 0 Å². The molecule has 3 N–H and O–H groups in total. The van der Waals surface area contributed by atoms with Crippen LogP contribution in [-0.4, -0.2) is 56.2 Å². The van der Waals surface area contributed by atoms with Gasteiger partial charge in [-0.3, -0.25) is 4.79 Å². The monoisotopic (exact) mass is 434 g/mol. The molecule has 8 nitrogen and oxygen atoms in total. The number of rotatable bonds is 3. The molecule has 0 spiro atoms. The molecule has 0 saturated carbocycles. The molecule has 4 heterocycles. The van der Waals surface area contributed by atoms with E-state index in [2.05, 4.69) is 4.90 Å². The van der Waals surface area contributed by atoms with Crippen molar-refractivity contribution in [3.63, 3.8) is 0 Å². The lowest BCUT2D eigenvalue weighted by atomic mass is 9.97. The van der Waals surface area contributed by atoms with Gasteiger partial charge in [0.2, 0.25) is 0 Å².